The Bertz CT molecular complexity index is 1720. The second kappa shape index (κ2) is 12.9. The van der Waals surface area contributed by atoms with Crippen molar-refractivity contribution < 1.29 is 19.8 Å². The fraction of sp³-hybridized carbons (Fsp3) is 0.289. The number of hydrogen-bond acceptors (Lipinski definition) is 5. The van der Waals surface area contributed by atoms with E-state index in [9.17, 15) is 25.1 Å². The van der Waals surface area contributed by atoms with E-state index in [0.717, 1.165) is 34.6 Å². The summed E-state index contributed by atoms with van der Waals surface area (Å²) in [6, 6.07) is 28.6. The van der Waals surface area contributed by atoms with Crippen LogP contribution in [0.1, 0.15) is 50.3 Å². The van der Waals surface area contributed by atoms with E-state index in [1.165, 1.54) is 5.56 Å². The second-order valence-corrected chi connectivity index (χ2v) is 12.5. The van der Waals surface area contributed by atoms with Gasteiger partial charge in [0.05, 0.1) is 30.5 Å². The number of rotatable bonds is 11. The summed E-state index contributed by atoms with van der Waals surface area (Å²) in [4.78, 5) is 27.3. The molecule has 2 heterocycles. The molecule has 0 spiro atoms. The fourth-order valence-corrected chi connectivity index (χ4v) is 6.95. The summed E-state index contributed by atoms with van der Waals surface area (Å²) in [7, 11) is 0. The summed E-state index contributed by atoms with van der Waals surface area (Å²) in [6.45, 7) is 7.10. The minimum absolute atomic E-state index is 0.00500. The number of anilines is 2. The molecule has 2 atom stereocenters. The molecule has 0 radical (unpaired) electrons. The molecule has 0 fully saturated rings. The van der Waals surface area contributed by atoms with E-state index in [1.807, 2.05) is 77.7 Å². The molecule has 2 aliphatic heterocycles. The predicted octanol–water partition coefficient (Wildman–Crippen LogP) is 7.01. The van der Waals surface area contributed by atoms with Gasteiger partial charge in [-0.2, -0.15) is 5.26 Å². The molecule has 45 heavy (non-hydrogen) atoms. The molecule has 2 N–H and O–H groups in total. The molecule has 0 saturated carbocycles. The van der Waals surface area contributed by atoms with Crippen LogP contribution in [0.2, 0.25) is 0 Å². The van der Waals surface area contributed by atoms with Gasteiger partial charge >= 0.3 is 11.9 Å². The van der Waals surface area contributed by atoms with Crippen molar-refractivity contribution in [3.63, 3.8) is 0 Å². The molecule has 0 amide bonds. The zero-order valence-corrected chi connectivity index (χ0v) is 26.0. The number of allylic oxidation sites excluding steroid dienone is 5. The van der Waals surface area contributed by atoms with Crippen molar-refractivity contribution in [2.24, 2.45) is 0 Å². The van der Waals surface area contributed by atoms with Gasteiger partial charge in [0.25, 0.3) is 0 Å². The molecule has 0 saturated heterocycles. The van der Waals surface area contributed by atoms with Crippen molar-refractivity contribution in [2.75, 3.05) is 22.9 Å². The third-order valence-electron chi connectivity index (χ3n) is 9.15. The Morgan fingerprint density at radius 3 is 2.11 bits per heavy atom. The van der Waals surface area contributed by atoms with Crippen LogP contribution in [0.25, 0.3) is 0 Å². The predicted molar refractivity (Wildman–Crippen MR) is 177 cm³/mol. The van der Waals surface area contributed by atoms with Crippen molar-refractivity contribution in [2.45, 2.75) is 56.9 Å². The average Bonchev–Trinajstić information content (AvgIpc) is 3.38. The van der Waals surface area contributed by atoms with Crippen LogP contribution in [-0.4, -0.2) is 41.3 Å². The summed E-state index contributed by atoms with van der Waals surface area (Å²) >= 11 is 0. The van der Waals surface area contributed by atoms with E-state index in [-0.39, 0.29) is 29.7 Å². The van der Waals surface area contributed by atoms with E-state index in [4.69, 9.17) is 0 Å². The lowest BCUT2D eigenvalue weighted by Crippen LogP contribution is -2.44. The third kappa shape index (κ3) is 6.28. The molecule has 3 aromatic carbocycles. The zero-order chi connectivity index (χ0) is 32.2. The summed E-state index contributed by atoms with van der Waals surface area (Å²) in [5.41, 5.74) is 6.04. The Kier molecular flexibility index (Phi) is 8.96. The van der Waals surface area contributed by atoms with Gasteiger partial charge in [-0.15, -0.1) is 0 Å². The number of fused-ring (bicyclic) bond motifs is 2. The fourth-order valence-electron chi connectivity index (χ4n) is 6.95. The molecular formula is C38H39N3O4. The molecule has 7 heteroatoms. The van der Waals surface area contributed by atoms with Crippen molar-refractivity contribution in [3.8, 4) is 6.07 Å². The number of carboxylic acid groups (broad SMARTS) is 2. The Labute approximate surface area is 265 Å². The Morgan fingerprint density at radius 1 is 0.844 bits per heavy atom. The van der Waals surface area contributed by atoms with Crippen molar-refractivity contribution in [1.82, 2.24) is 0 Å². The summed E-state index contributed by atoms with van der Waals surface area (Å²) in [6.07, 6.45) is 8.32. The normalized spacial score (nSPS) is 21.2. The van der Waals surface area contributed by atoms with E-state index in [2.05, 4.69) is 56.0 Å². The second-order valence-electron chi connectivity index (χ2n) is 12.5. The quantitative estimate of drug-likeness (QED) is 0.180. The first-order valence-electron chi connectivity index (χ1n) is 15.3. The summed E-state index contributed by atoms with van der Waals surface area (Å²) in [5.74, 6) is -1.72. The minimum Gasteiger partial charge on any atom is -0.481 e. The van der Waals surface area contributed by atoms with Crippen LogP contribution in [0.3, 0.4) is 0 Å². The van der Waals surface area contributed by atoms with E-state index >= 15 is 0 Å². The van der Waals surface area contributed by atoms with E-state index < -0.39 is 11.9 Å². The van der Waals surface area contributed by atoms with E-state index in [0.29, 0.717) is 18.7 Å². The van der Waals surface area contributed by atoms with Crippen LogP contribution in [0.5, 0.6) is 0 Å². The van der Waals surface area contributed by atoms with Gasteiger partial charge in [-0.1, -0.05) is 93.6 Å². The van der Waals surface area contributed by atoms with Crippen LogP contribution in [0, 0.1) is 11.3 Å². The number of hydrogen-bond donors (Lipinski definition) is 2. The molecule has 0 aromatic heterocycles. The lowest BCUT2D eigenvalue weighted by atomic mass is 9.73. The van der Waals surface area contributed by atoms with Crippen LogP contribution < -0.4 is 9.80 Å². The Balaban J connectivity index is 1.53. The first-order chi connectivity index (χ1) is 21.6. The molecule has 2 aliphatic rings. The maximum absolute atomic E-state index is 11.7. The molecular weight excluding hydrogens is 562 g/mol. The number of benzene rings is 3. The Hall–Kier alpha value is -5.09. The maximum Gasteiger partial charge on any atom is 0.305 e. The number of para-hydroxylation sites is 2. The monoisotopic (exact) mass is 601 g/mol. The number of carboxylic acids is 2. The highest BCUT2D eigenvalue weighted by molar-refractivity contribution is 5.74. The average molecular weight is 602 g/mol. The summed E-state index contributed by atoms with van der Waals surface area (Å²) in [5, 5.41) is 29.2. The van der Waals surface area contributed by atoms with Crippen molar-refractivity contribution in [1.29, 1.82) is 5.26 Å². The molecule has 3 aromatic rings. The molecule has 7 nitrogen and oxygen atoms in total. The maximum atomic E-state index is 11.7. The molecule has 0 aliphatic carbocycles. The van der Waals surface area contributed by atoms with Gasteiger partial charge in [0.1, 0.15) is 0 Å². The standard InChI is InChI=1S/C38H39N3O4/c1-37(2)29-13-7-9-15-31(29)40(23-21-35(42)43)33(37)19-17-28(26-39)18-20-34-38(3,25-27-11-5-4-6-12-27)30-14-8-10-16-32(30)41(34)24-22-36(44)45/h4-20,34H,21-25H2,1-3H3,(H,42,43)(H,44,45)/b20-18+,28-17-,33-19+. The van der Waals surface area contributed by atoms with Crippen molar-refractivity contribution in [3.05, 3.63) is 131 Å². The van der Waals surface area contributed by atoms with Crippen LogP contribution in [0.15, 0.2) is 114 Å². The van der Waals surface area contributed by atoms with Crippen LogP contribution >= 0.6 is 0 Å². The SMILES string of the molecule is CC1(C)\C(=C/C=C(C#N)/C=C/C2N(CCC(=O)O)c3ccccc3C2(C)Cc2ccccc2)N(CCC(=O)O)c2ccccc21. The number of nitriles is 1. The van der Waals surface area contributed by atoms with Crippen LogP contribution in [-0.2, 0) is 26.8 Å². The zero-order valence-electron chi connectivity index (χ0n) is 26.0. The van der Waals surface area contributed by atoms with E-state index in [1.54, 1.807) is 6.08 Å². The summed E-state index contributed by atoms with van der Waals surface area (Å²) < 4.78 is 0. The number of carbonyl (C=O) groups is 2. The lowest BCUT2D eigenvalue weighted by Gasteiger charge is -2.35. The lowest BCUT2D eigenvalue weighted by molar-refractivity contribution is -0.137. The smallest absolute Gasteiger partial charge is 0.305 e. The third-order valence-corrected chi connectivity index (χ3v) is 9.15. The highest BCUT2D eigenvalue weighted by Gasteiger charge is 2.46. The molecule has 0 bridgehead atoms. The number of aliphatic carboxylic acids is 2. The minimum atomic E-state index is -0.865. The van der Waals surface area contributed by atoms with Gasteiger partial charge < -0.3 is 20.0 Å². The molecule has 2 unspecified atom stereocenters. The highest BCUT2D eigenvalue weighted by atomic mass is 16.4. The largest absolute Gasteiger partial charge is 0.481 e. The van der Waals surface area contributed by atoms with Gasteiger partial charge in [-0.25, -0.2) is 0 Å². The van der Waals surface area contributed by atoms with Gasteiger partial charge in [-0.05, 0) is 53.5 Å². The highest BCUT2D eigenvalue weighted by Crippen LogP contribution is 2.49. The van der Waals surface area contributed by atoms with Crippen molar-refractivity contribution >= 4 is 23.3 Å². The van der Waals surface area contributed by atoms with Gasteiger partial charge in [0.2, 0.25) is 0 Å². The van der Waals surface area contributed by atoms with Gasteiger partial charge in [-0.3, -0.25) is 9.59 Å². The van der Waals surface area contributed by atoms with Crippen LogP contribution in [0.4, 0.5) is 11.4 Å². The Morgan fingerprint density at radius 2 is 1.44 bits per heavy atom. The van der Waals surface area contributed by atoms with Gasteiger partial charge in [0.15, 0.2) is 0 Å². The molecule has 5 rings (SSSR count). The number of nitrogens with zero attached hydrogens (tertiary/aromatic N) is 3. The van der Waals surface area contributed by atoms with Gasteiger partial charge in [0, 0.05) is 41.0 Å². The topological polar surface area (TPSA) is 105 Å². The molecule has 230 valence electrons. The first kappa shape index (κ1) is 31.3. The first-order valence-corrected chi connectivity index (χ1v) is 15.3.